The number of aromatic nitrogens is 4. The second kappa shape index (κ2) is 18.5. The van der Waals surface area contributed by atoms with E-state index >= 15 is 0 Å². The topological polar surface area (TPSA) is 193 Å². The molecule has 0 saturated carbocycles. The van der Waals surface area contributed by atoms with Crippen LogP contribution in [-0.4, -0.2) is 106 Å². The van der Waals surface area contributed by atoms with E-state index in [1.807, 2.05) is 56.7 Å². The van der Waals surface area contributed by atoms with E-state index in [4.69, 9.17) is 28.9 Å². The molecule has 5 aromatic rings. The van der Waals surface area contributed by atoms with Gasteiger partial charge in [-0.3, -0.25) is 9.59 Å². The minimum Gasteiger partial charge on any atom is -0.488 e. The number of nitrogens with zero attached hydrogens (tertiary/aromatic N) is 4. The molecule has 0 bridgehead atoms. The molecule has 340 valence electrons. The van der Waals surface area contributed by atoms with Crippen LogP contribution in [0.5, 0.6) is 5.75 Å². The summed E-state index contributed by atoms with van der Waals surface area (Å²) in [6, 6.07) is 12.5. The highest BCUT2D eigenvalue weighted by atomic mass is 16.5. The van der Waals surface area contributed by atoms with Crippen molar-refractivity contribution in [3.8, 4) is 28.1 Å². The second-order valence-corrected chi connectivity index (χ2v) is 17.7. The van der Waals surface area contributed by atoms with Crippen molar-refractivity contribution in [2.75, 3.05) is 34.5 Å². The van der Waals surface area contributed by atoms with E-state index in [9.17, 15) is 19.2 Å². The smallest absolute Gasteiger partial charge is 0.407 e. The van der Waals surface area contributed by atoms with E-state index in [-0.39, 0.29) is 47.7 Å². The number of H-pyrrole nitrogens is 2. The zero-order chi connectivity index (χ0) is 45.4. The number of rotatable bonds is 13. The van der Waals surface area contributed by atoms with Crippen molar-refractivity contribution in [2.24, 2.45) is 17.8 Å². The van der Waals surface area contributed by atoms with Crippen molar-refractivity contribution in [3.05, 3.63) is 65.9 Å². The lowest BCUT2D eigenvalue weighted by molar-refractivity contribution is -0.137. The lowest BCUT2D eigenvalue weighted by atomic mass is 9.92. The number of methoxy groups -OCH3 is 3. The Bertz CT molecular complexity index is 2550. The minimum atomic E-state index is -0.748. The third-order valence-corrected chi connectivity index (χ3v) is 13.8. The molecule has 4 amide bonds. The summed E-state index contributed by atoms with van der Waals surface area (Å²) in [7, 11) is 4.26. The molecule has 8 atom stereocenters. The zero-order valence-electron chi connectivity index (χ0n) is 37.9. The Morgan fingerprint density at radius 3 is 2.27 bits per heavy atom. The number of benzene rings is 3. The van der Waals surface area contributed by atoms with Gasteiger partial charge in [-0.2, -0.15) is 0 Å². The Morgan fingerprint density at radius 2 is 1.58 bits per heavy atom. The number of aromatic amines is 2. The summed E-state index contributed by atoms with van der Waals surface area (Å²) >= 11 is 0. The van der Waals surface area contributed by atoms with Crippen molar-refractivity contribution in [3.63, 3.8) is 0 Å². The molecular weight excluding hydrogens is 817 g/mol. The van der Waals surface area contributed by atoms with Crippen molar-refractivity contribution in [1.29, 1.82) is 0 Å². The molecule has 3 aliphatic rings. The van der Waals surface area contributed by atoms with Crippen LogP contribution < -0.4 is 15.4 Å². The quantitative estimate of drug-likeness (QED) is 0.0908. The first-order chi connectivity index (χ1) is 30.9. The second-order valence-electron chi connectivity index (χ2n) is 17.7. The van der Waals surface area contributed by atoms with Gasteiger partial charge in [-0.05, 0) is 84.4 Å². The largest absolute Gasteiger partial charge is 0.488 e. The fourth-order valence-corrected chi connectivity index (χ4v) is 9.77. The maximum absolute atomic E-state index is 14.2. The van der Waals surface area contributed by atoms with Gasteiger partial charge in [0.1, 0.15) is 36.1 Å². The van der Waals surface area contributed by atoms with Gasteiger partial charge in [-0.15, -0.1) is 0 Å². The van der Waals surface area contributed by atoms with E-state index in [0.717, 1.165) is 74.8 Å². The monoisotopic (exact) mass is 876 g/mol. The lowest BCUT2D eigenvalue weighted by Crippen LogP contribution is -2.53. The number of imidazole rings is 2. The first-order valence-corrected chi connectivity index (χ1v) is 22.5. The van der Waals surface area contributed by atoms with Crippen molar-refractivity contribution in [1.82, 2.24) is 40.4 Å². The number of nitrogens with one attached hydrogen (secondary N) is 4. The number of hydrogen-bond acceptors (Lipinski definition) is 10. The fourth-order valence-electron chi connectivity index (χ4n) is 9.77. The molecule has 16 heteroatoms. The van der Waals surface area contributed by atoms with E-state index in [2.05, 4.69) is 57.0 Å². The van der Waals surface area contributed by atoms with E-state index in [1.165, 1.54) is 14.2 Å². The normalized spacial score (nSPS) is 21.1. The molecule has 2 aromatic heterocycles. The fraction of sp³-hybridized carbons (Fsp3) is 0.500. The highest BCUT2D eigenvalue weighted by Crippen LogP contribution is 2.44. The van der Waals surface area contributed by atoms with Gasteiger partial charge < -0.3 is 49.3 Å². The molecule has 2 saturated heterocycles. The number of likely N-dealkylation sites (tertiary alicyclic amines) is 2. The molecule has 4 N–H and O–H groups in total. The van der Waals surface area contributed by atoms with Crippen LogP contribution in [0.15, 0.2) is 48.7 Å². The van der Waals surface area contributed by atoms with Crippen LogP contribution in [0.1, 0.15) is 96.0 Å². The van der Waals surface area contributed by atoms with Crippen LogP contribution in [0, 0.1) is 17.8 Å². The molecule has 0 aliphatic carbocycles. The molecule has 3 aliphatic heterocycles. The average Bonchev–Trinajstić information content (AvgIpc) is 4.14. The zero-order valence-corrected chi connectivity index (χ0v) is 37.9. The Balaban J connectivity index is 1.05. The molecule has 8 rings (SSSR count). The number of alkyl carbamates (subject to hydrolysis) is 2. The van der Waals surface area contributed by atoms with Gasteiger partial charge in [0, 0.05) is 36.6 Å². The summed E-state index contributed by atoms with van der Waals surface area (Å²) < 4.78 is 21.7. The standard InChI is InChI=1S/C48H60N8O8/c1-9-25(3)40(53-47(59)62-7)45(57)55-22-28(23-61-6)17-38(55)44-50-35-15-13-29-19-34-32-14-12-30(18-31(32)24-64-39(34)20-33(29)42(35)52-44)36-21-49-43(51-36)37-16-11-27(5)56(37)46(58)41(26(4)10-2)54-48(60)63-8/h12-15,18-21,25-28,37-38,40-41H,9-11,16-17,22-24H2,1-8H3,(H,49,51)(H,50,52)(H,53,59)(H,54,60)/t25-,26-,27-,28-,37-,38-,40?,41-/m0/s1. The molecule has 0 radical (unpaired) electrons. The first-order valence-electron chi connectivity index (χ1n) is 22.5. The lowest BCUT2D eigenvalue weighted by Gasteiger charge is -2.33. The molecule has 2 fully saturated rings. The van der Waals surface area contributed by atoms with Crippen LogP contribution in [0.3, 0.4) is 0 Å². The molecule has 16 nitrogen and oxygen atoms in total. The summed E-state index contributed by atoms with van der Waals surface area (Å²) in [4.78, 5) is 73.5. The van der Waals surface area contributed by atoms with Gasteiger partial charge in [0.15, 0.2) is 0 Å². The van der Waals surface area contributed by atoms with E-state index in [0.29, 0.717) is 44.2 Å². The number of fused-ring (bicyclic) bond motifs is 6. The van der Waals surface area contributed by atoms with Gasteiger partial charge in [0.25, 0.3) is 0 Å². The number of carbonyl (C=O) groups excluding carboxylic acids is 4. The maximum atomic E-state index is 14.2. The highest BCUT2D eigenvalue weighted by Gasteiger charge is 2.43. The summed E-state index contributed by atoms with van der Waals surface area (Å²) in [5, 5.41) is 7.53. The Morgan fingerprint density at radius 1 is 0.859 bits per heavy atom. The maximum Gasteiger partial charge on any atom is 0.407 e. The summed E-state index contributed by atoms with van der Waals surface area (Å²) in [5.41, 5.74) is 6.53. The molecule has 64 heavy (non-hydrogen) atoms. The van der Waals surface area contributed by atoms with Crippen LogP contribution in [0.25, 0.3) is 44.2 Å². The molecule has 1 unspecified atom stereocenters. The predicted octanol–water partition coefficient (Wildman–Crippen LogP) is 7.80. The number of hydrogen-bond donors (Lipinski definition) is 4. The van der Waals surface area contributed by atoms with Gasteiger partial charge in [0.2, 0.25) is 11.8 Å². The molecular formula is C48H60N8O8. The van der Waals surface area contributed by atoms with Gasteiger partial charge in [-0.1, -0.05) is 58.7 Å². The number of carbonyl (C=O) groups is 4. The number of amides is 4. The van der Waals surface area contributed by atoms with Crippen LogP contribution in [0.2, 0.25) is 0 Å². The number of ether oxygens (including phenoxy) is 4. The van der Waals surface area contributed by atoms with E-state index < -0.39 is 24.3 Å². The molecule has 5 heterocycles. The van der Waals surface area contributed by atoms with E-state index in [1.54, 1.807) is 7.11 Å². The van der Waals surface area contributed by atoms with Gasteiger partial charge in [-0.25, -0.2) is 19.6 Å². The summed E-state index contributed by atoms with van der Waals surface area (Å²) in [6.45, 7) is 11.3. The Labute approximate surface area is 373 Å². The third kappa shape index (κ3) is 8.35. The van der Waals surface area contributed by atoms with Crippen molar-refractivity contribution >= 4 is 45.8 Å². The first kappa shape index (κ1) is 44.4. The highest BCUT2D eigenvalue weighted by molar-refractivity contribution is 6.07. The summed E-state index contributed by atoms with van der Waals surface area (Å²) in [6.07, 6.45) is 4.20. The predicted molar refractivity (Wildman–Crippen MR) is 241 cm³/mol. The Kier molecular flexibility index (Phi) is 12.9. The van der Waals surface area contributed by atoms with Crippen LogP contribution in [-0.2, 0) is 30.4 Å². The summed E-state index contributed by atoms with van der Waals surface area (Å²) in [5.74, 6) is 1.75. The van der Waals surface area contributed by atoms with Crippen molar-refractivity contribution in [2.45, 2.75) is 104 Å². The average molecular weight is 877 g/mol. The molecule has 0 spiro atoms. The molecule has 3 aromatic carbocycles. The van der Waals surface area contributed by atoms with Gasteiger partial charge in [0.05, 0.1) is 55.8 Å². The van der Waals surface area contributed by atoms with Crippen molar-refractivity contribution < 1.29 is 38.1 Å². The minimum absolute atomic E-state index is 0.0201. The van der Waals surface area contributed by atoms with Crippen LogP contribution >= 0.6 is 0 Å². The SMILES string of the molecule is CC[C@H](C)C(NC(=O)OC)C(=O)N1C[C@@H](COC)C[C@H]1c1nc2ccc3cc4c(cc3c2[nH]1)OCc1cc(-c2cnc([C@@H]3CC[C@H](C)N3C(=O)[C@@H](NC(=O)OC)[C@@H](C)CC)[nH]2)ccc1-4. The van der Waals surface area contributed by atoms with Gasteiger partial charge >= 0.3 is 12.2 Å². The third-order valence-electron chi connectivity index (χ3n) is 13.8. The Hall–Kier alpha value is -6.16. The van der Waals surface area contributed by atoms with Crippen LogP contribution in [0.4, 0.5) is 9.59 Å².